The molecule has 5 nitrogen and oxygen atoms in total. The van der Waals surface area contributed by atoms with E-state index in [-0.39, 0.29) is 6.10 Å². The highest BCUT2D eigenvalue weighted by atomic mass is 16.5. The van der Waals surface area contributed by atoms with E-state index in [1.54, 1.807) is 6.20 Å². The van der Waals surface area contributed by atoms with Gasteiger partial charge in [-0.2, -0.15) is 0 Å². The third kappa shape index (κ3) is 6.88. The maximum Gasteiger partial charge on any atom is 0.137 e. The molecule has 0 saturated carbocycles. The average Bonchev–Trinajstić information content (AvgIpc) is 2.53. The molecule has 0 aromatic carbocycles. The van der Waals surface area contributed by atoms with E-state index < -0.39 is 0 Å². The van der Waals surface area contributed by atoms with Gasteiger partial charge < -0.3 is 14.2 Å². The average molecular weight is 332 g/mol. The number of aromatic nitrogens is 1. The van der Waals surface area contributed by atoms with E-state index in [1.165, 1.54) is 0 Å². The van der Waals surface area contributed by atoms with Crippen LogP contribution >= 0.6 is 0 Å². The predicted molar refractivity (Wildman–Crippen MR) is 94.2 cm³/mol. The molecular weight excluding hydrogens is 304 g/mol. The van der Waals surface area contributed by atoms with Gasteiger partial charge in [0, 0.05) is 19.5 Å². The number of likely N-dealkylation sites (N-methyl/N-ethyl adjacent to an activating group) is 1. The van der Waals surface area contributed by atoms with Gasteiger partial charge in [0.1, 0.15) is 18.1 Å². The summed E-state index contributed by atoms with van der Waals surface area (Å²) in [5.41, 5.74) is 0.734. The molecule has 0 radical (unpaired) electrons. The molecule has 5 heteroatoms. The van der Waals surface area contributed by atoms with Crippen molar-refractivity contribution in [1.29, 1.82) is 0 Å². The molecule has 2 rings (SSSR count). The van der Waals surface area contributed by atoms with E-state index in [9.17, 15) is 0 Å². The van der Waals surface area contributed by atoms with Crippen molar-refractivity contribution < 1.29 is 14.2 Å². The van der Waals surface area contributed by atoms with Crippen LogP contribution in [0, 0.1) is 11.8 Å². The molecule has 1 fully saturated rings. The van der Waals surface area contributed by atoms with Crippen LogP contribution in [-0.4, -0.2) is 61.5 Å². The van der Waals surface area contributed by atoms with Crippen molar-refractivity contribution in [2.24, 2.45) is 0 Å². The molecule has 0 spiro atoms. The fraction of sp³-hybridized carbons (Fsp3) is 0.632. The van der Waals surface area contributed by atoms with Crippen molar-refractivity contribution in [3.05, 3.63) is 24.0 Å². The van der Waals surface area contributed by atoms with Crippen molar-refractivity contribution in [1.82, 2.24) is 9.88 Å². The predicted octanol–water partition coefficient (Wildman–Crippen LogP) is 2.35. The van der Waals surface area contributed by atoms with E-state index >= 15 is 0 Å². The molecule has 132 valence electrons. The first-order valence-electron chi connectivity index (χ1n) is 8.70. The lowest BCUT2D eigenvalue weighted by Crippen LogP contribution is -2.51. The van der Waals surface area contributed by atoms with Gasteiger partial charge in [0.25, 0.3) is 0 Å². The second-order valence-electron chi connectivity index (χ2n) is 6.09. The minimum atomic E-state index is 0.267. The Bertz CT molecular complexity index is 528. The van der Waals surface area contributed by atoms with Crippen LogP contribution in [0.25, 0.3) is 0 Å². The monoisotopic (exact) mass is 332 g/mol. The quantitative estimate of drug-likeness (QED) is 0.513. The van der Waals surface area contributed by atoms with Gasteiger partial charge in [0.05, 0.1) is 31.6 Å². The molecule has 1 aliphatic heterocycles. The number of rotatable bonds is 9. The molecule has 0 aliphatic carbocycles. The van der Waals surface area contributed by atoms with Crippen LogP contribution in [-0.2, 0) is 9.47 Å². The van der Waals surface area contributed by atoms with Crippen LogP contribution in [0.3, 0.4) is 0 Å². The molecule has 0 amide bonds. The number of pyridine rings is 1. The van der Waals surface area contributed by atoms with Crippen molar-refractivity contribution in [2.75, 3.05) is 39.5 Å². The number of hydrogen-bond donors (Lipinski definition) is 0. The van der Waals surface area contributed by atoms with E-state index in [4.69, 9.17) is 14.2 Å². The number of hydrogen-bond acceptors (Lipinski definition) is 5. The Labute approximate surface area is 145 Å². The molecule has 2 heterocycles. The first kappa shape index (κ1) is 18.7. The second kappa shape index (κ2) is 10.3. The first-order valence-corrected chi connectivity index (χ1v) is 8.70. The van der Waals surface area contributed by atoms with Gasteiger partial charge in [-0.15, -0.1) is 0 Å². The van der Waals surface area contributed by atoms with Gasteiger partial charge in [0.15, 0.2) is 0 Å². The van der Waals surface area contributed by atoms with Gasteiger partial charge in [-0.05, 0) is 38.4 Å². The lowest BCUT2D eigenvalue weighted by atomic mass is 10.2. The van der Waals surface area contributed by atoms with E-state index in [0.29, 0.717) is 25.9 Å². The summed E-state index contributed by atoms with van der Waals surface area (Å²) in [6.45, 7) is 11.1. The normalized spacial score (nSPS) is 15.0. The lowest BCUT2D eigenvalue weighted by molar-refractivity contribution is -0.0392. The summed E-state index contributed by atoms with van der Waals surface area (Å²) in [6.07, 6.45) is 3.18. The Balaban J connectivity index is 1.61. The Hall–Kier alpha value is -1.61. The smallest absolute Gasteiger partial charge is 0.137 e. The summed E-state index contributed by atoms with van der Waals surface area (Å²) in [5, 5.41) is 0. The van der Waals surface area contributed by atoms with Crippen LogP contribution in [0.1, 0.15) is 32.9 Å². The third-order valence-corrected chi connectivity index (χ3v) is 3.72. The number of likely N-dealkylation sites (tertiary alicyclic amines) is 1. The fourth-order valence-corrected chi connectivity index (χ4v) is 2.28. The second-order valence-corrected chi connectivity index (χ2v) is 6.09. The number of ether oxygens (including phenoxy) is 3. The zero-order valence-corrected chi connectivity index (χ0v) is 15.0. The van der Waals surface area contributed by atoms with Crippen molar-refractivity contribution >= 4 is 0 Å². The van der Waals surface area contributed by atoms with Crippen LogP contribution in [0.5, 0.6) is 5.75 Å². The first-order chi connectivity index (χ1) is 11.7. The highest BCUT2D eigenvalue weighted by Gasteiger charge is 2.25. The molecule has 0 unspecified atom stereocenters. The summed E-state index contributed by atoms with van der Waals surface area (Å²) < 4.78 is 16.8. The standard InChI is InChI=1S/C19H28N2O3/c1-4-21-14-19(15-21)24-10-5-7-17-8-9-18(13-20-17)23-12-6-11-22-16(2)3/h8-9,13,16,19H,4,6,10-12,14-15H2,1-3H3. The number of nitrogens with zero attached hydrogens (tertiary/aromatic N) is 2. The van der Waals surface area contributed by atoms with E-state index in [0.717, 1.165) is 37.5 Å². The van der Waals surface area contributed by atoms with E-state index in [1.807, 2.05) is 26.0 Å². The minimum absolute atomic E-state index is 0.267. The third-order valence-electron chi connectivity index (χ3n) is 3.72. The lowest BCUT2D eigenvalue weighted by Gasteiger charge is -2.37. The molecule has 0 atom stereocenters. The zero-order valence-electron chi connectivity index (χ0n) is 15.0. The van der Waals surface area contributed by atoms with Crippen LogP contribution in [0.2, 0.25) is 0 Å². The highest BCUT2D eigenvalue weighted by Crippen LogP contribution is 2.10. The Morgan fingerprint density at radius 1 is 1.29 bits per heavy atom. The maximum absolute atomic E-state index is 5.67. The van der Waals surface area contributed by atoms with Gasteiger partial charge >= 0.3 is 0 Å². The van der Waals surface area contributed by atoms with Crippen LogP contribution in [0.15, 0.2) is 18.3 Å². The largest absolute Gasteiger partial charge is 0.492 e. The minimum Gasteiger partial charge on any atom is -0.492 e. The van der Waals surface area contributed by atoms with E-state index in [2.05, 4.69) is 28.6 Å². The van der Waals surface area contributed by atoms with Crippen molar-refractivity contribution in [3.63, 3.8) is 0 Å². The SMILES string of the molecule is CCN1CC(OCC#Cc2ccc(OCCCOC(C)C)cn2)C1. The van der Waals surface area contributed by atoms with Crippen molar-refractivity contribution in [3.8, 4) is 17.6 Å². The summed E-state index contributed by atoms with van der Waals surface area (Å²) >= 11 is 0. The van der Waals surface area contributed by atoms with Gasteiger partial charge in [-0.25, -0.2) is 4.98 Å². The van der Waals surface area contributed by atoms with Crippen LogP contribution in [0.4, 0.5) is 0 Å². The molecule has 0 N–H and O–H groups in total. The summed E-state index contributed by atoms with van der Waals surface area (Å²) in [7, 11) is 0. The van der Waals surface area contributed by atoms with Gasteiger partial charge in [-0.1, -0.05) is 12.8 Å². The van der Waals surface area contributed by atoms with Gasteiger partial charge in [0.2, 0.25) is 0 Å². The van der Waals surface area contributed by atoms with Gasteiger partial charge in [-0.3, -0.25) is 4.90 Å². The molecule has 1 aromatic heterocycles. The highest BCUT2D eigenvalue weighted by molar-refractivity contribution is 5.31. The molecule has 1 saturated heterocycles. The molecular formula is C19H28N2O3. The zero-order chi connectivity index (χ0) is 17.2. The summed E-state index contributed by atoms with van der Waals surface area (Å²) in [5.74, 6) is 6.79. The Morgan fingerprint density at radius 2 is 2.12 bits per heavy atom. The molecule has 1 aromatic rings. The topological polar surface area (TPSA) is 43.8 Å². The fourth-order valence-electron chi connectivity index (χ4n) is 2.28. The molecule has 24 heavy (non-hydrogen) atoms. The Kier molecular flexibility index (Phi) is 8.03. The van der Waals surface area contributed by atoms with Crippen LogP contribution < -0.4 is 4.74 Å². The Morgan fingerprint density at radius 3 is 2.79 bits per heavy atom. The summed E-state index contributed by atoms with van der Waals surface area (Å²) in [4.78, 5) is 6.63. The van der Waals surface area contributed by atoms with Crippen molar-refractivity contribution in [2.45, 2.75) is 39.4 Å². The summed E-state index contributed by atoms with van der Waals surface area (Å²) in [6, 6.07) is 3.77. The molecule has 0 bridgehead atoms. The maximum atomic E-state index is 5.67. The molecule has 1 aliphatic rings.